The highest BCUT2D eigenvalue weighted by molar-refractivity contribution is 7.90. The first kappa shape index (κ1) is 18.8. The Morgan fingerprint density at radius 2 is 2.04 bits per heavy atom. The lowest BCUT2D eigenvalue weighted by Gasteiger charge is -2.34. The Balaban J connectivity index is 1.55. The minimum absolute atomic E-state index is 0.0259. The van der Waals surface area contributed by atoms with Gasteiger partial charge in [0.2, 0.25) is 0 Å². The van der Waals surface area contributed by atoms with Crippen LogP contribution < -0.4 is 0 Å². The minimum Gasteiger partial charge on any atom is -0.378 e. The van der Waals surface area contributed by atoms with E-state index in [0.717, 1.165) is 35.7 Å². The molecule has 1 aliphatic rings. The Hall–Kier alpha value is -2.55. The van der Waals surface area contributed by atoms with Gasteiger partial charge in [-0.3, -0.25) is 9.88 Å². The molecular weight excluding hydrogens is 376 g/mol. The molecule has 8 heteroatoms. The molecule has 3 heterocycles. The van der Waals surface area contributed by atoms with E-state index in [2.05, 4.69) is 25.9 Å². The molecule has 3 aromatic rings. The number of pyridine rings is 1. The second kappa shape index (κ2) is 7.83. The normalized spacial score (nSPS) is 18.2. The van der Waals surface area contributed by atoms with Crippen LogP contribution in [0.3, 0.4) is 0 Å². The van der Waals surface area contributed by atoms with Crippen LogP contribution in [0.5, 0.6) is 0 Å². The standard InChI is InChI=1S/C20H22N4O3S/c1-28(25,26)17-6-4-16(5-7-17)18-12-22-20(23-18)19-14-27-10-9-24(19)13-15-3-2-8-21-11-15/h2-8,11-12,19H,9-10,13-14H2,1H3,(H,22,23)/t19-/m0/s1. The summed E-state index contributed by atoms with van der Waals surface area (Å²) < 4.78 is 29.0. The van der Waals surface area contributed by atoms with Crippen molar-refractivity contribution < 1.29 is 13.2 Å². The second-order valence-corrected chi connectivity index (χ2v) is 8.92. The highest BCUT2D eigenvalue weighted by Crippen LogP contribution is 2.27. The van der Waals surface area contributed by atoms with E-state index in [-0.39, 0.29) is 6.04 Å². The maximum absolute atomic E-state index is 11.6. The lowest BCUT2D eigenvalue weighted by Crippen LogP contribution is -2.39. The Morgan fingerprint density at radius 1 is 1.21 bits per heavy atom. The van der Waals surface area contributed by atoms with E-state index in [1.165, 1.54) is 6.26 Å². The molecular formula is C20H22N4O3S. The summed E-state index contributed by atoms with van der Waals surface area (Å²) in [6, 6.07) is 10.8. The van der Waals surface area contributed by atoms with Gasteiger partial charge in [-0.15, -0.1) is 0 Å². The van der Waals surface area contributed by atoms with Crippen molar-refractivity contribution in [2.45, 2.75) is 17.5 Å². The molecule has 0 unspecified atom stereocenters. The van der Waals surface area contributed by atoms with Crippen LogP contribution in [-0.4, -0.2) is 54.3 Å². The average molecular weight is 398 g/mol. The number of rotatable bonds is 5. The van der Waals surface area contributed by atoms with Crippen LogP contribution in [0.2, 0.25) is 0 Å². The molecule has 2 aromatic heterocycles. The molecule has 0 bridgehead atoms. The SMILES string of the molecule is CS(=O)(=O)c1ccc(-c2cnc([C@@H]3COCCN3Cc3cccnc3)[nH]2)cc1. The van der Waals surface area contributed by atoms with Gasteiger partial charge in [0.1, 0.15) is 5.82 Å². The molecule has 1 aliphatic heterocycles. The Labute approximate surface area is 164 Å². The summed E-state index contributed by atoms with van der Waals surface area (Å²) >= 11 is 0. The summed E-state index contributed by atoms with van der Waals surface area (Å²) in [5.74, 6) is 0.839. The van der Waals surface area contributed by atoms with E-state index >= 15 is 0 Å². The number of sulfone groups is 1. The fourth-order valence-electron chi connectivity index (χ4n) is 3.34. The molecule has 146 valence electrons. The van der Waals surface area contributed by atoms with Crippen molar-refractivity contribution in [2.24, 2.45) is 0 Å². The molecule has 1 N–H and O–H groups in total. The fraction of sp³-hybridized carbons (Fsp3) is 0.300. The van der Waals surface area contributed by atoms with E-state index in [4.69, 9.17) is 4.74 Å². The van der Waals surface area contributed by atoms with Gasteiger partial charge >= 0.3 is 0 Å². The number of morpholine rings is 1. The number of aromatic nitrogens is 3. The number of benzene rings is 1. The van der Waals surface area contributed by atoms with Crippen LogP contribution in [0.15, 0.2) is 59.9 Å². The number of hydrogen-bond acceptors (Lipinski definition) is 6. The van der Waals surface area contributed by atoms with Crippen molar-refractivity contribution in [2.75, 3.05) is 26.0 Å². The second-order valence-electron chi connectivity index (χ2n) is 6.90. The zero-order valence-electron chi connectivity index (χ0n) is 15.6. The van der Waals surface area contributed by atoms with Crippen LogP contribution in [-0.2, 0) is 21.1 Å². The van der Waals surface area contributed by atoms with E-state index in [1.807, 2.05) is 12.3 Å². The van der Waals surface area contributed by atoms with Crippen LogP contribution in [0.25, 0.3) is 11.3 Å². The molecule has 0 amide bonds. The largest absolute Gasteiger partial charge is 0.378 e. The number of aromatic amines is 1. The summed E-state index contributed by atoms with van der Waals surface area (Å²) in [6.07, 6.45) is 6.63. The third-order valence-corrected chi connectivity index (χ3v) is 5.98. The zero-order chi connectivity index (χ0) is 19.6. The minimum atomic E-state index is -3.20. The Kier molecular flexibility index (Phi) is 5.25. The number of H-pyrrole nitrogens is 1. The third-order valence-electron chi connectivity index (χ3n) is 4.85. The van der Waals surface area contributed by atoms with Crippen molar-refractivity contribution >= 4 is 9.84 Å². The monoisotopic (exact) mass is 398 g/mol. The van der Waals surface area contributed by atoms with Gasteiger partial charge in [0.05, 0.1) is 36.0 Å². The van der Waals surface area contributed by atoms with Crippen molar-refractivity contribution in [3.8, 4) is 11.3 Å². The first-order valence-electron chi connectivity index (χ1n) is 9.07. The van der Waals surface area contributed by atoms with Crippen LogP contribution in [0.4, 0.5) is 0 Å². The summed E-state index contributed by atoms with van der Waals surface area (Å²) in [5.41, 5.74) is 2.89. The molecule has 0 radical (unpaired) electrons. The van der Waals surface area contributed by atoms with Gasteiger partial charge < -0.3 is 9.72 Å². The lowest BCUT2D eigenvalue weighted by atomic mass is 10.1. The number of ether oxygens (including phenoxy) is 1. The molecule has 28 heavy (non-hydrogen) atoms. The topological polar surface area (TPSA) is 88.2 Å². The summed E-state index contributed by atoms with van der Waals surface area (Å²) in [5, 5.41) is 0. The fourth-order valence-corrected chi connectivity index (χ4v) is 3.97. The molecule has 0 aliphatic carbocycles. The smallest absolute Gasteiger partial charge is 0.175 e. The molecule has 1 fully saturated rings. The van der Waals surface area contributed by atoms with Crippen LogP contribution in [0, 0.1) is 0 Å². The van der Waals surface area contributed by atoms with Crippen molar-refractivity contribution in [1.29, 1.82) is 0 Å². The summed E-state index contributed by atoms with van der Waals surface area (Å²) in [6.45, 7) is 2.86. The first-order valence-corrected chi connectivity index (χ1v) is 11.0. The van der Waals surface area contributed by atoms with Crippen LogP contribution in [0.1, 0.15) is 17.4 Å². The van der Waals surface area contributed by atoms with Gasteiger partial charge in [-0.25, -0.2) is 13.4 Å². The zero-order valence-corrected chi connectivity index (χ0v) is 16.4. The van der Waals surface area contributed by atoms with Gasteiger partial charge in [0.25, 0.3) is 0 Å². The van der Waals surface area contributed by atoms with Crippen molar-refractivity contribution in [1.82, 2.24) is 19.9 Å². The number of hydrogen-bond donors (Lipinski definition) is 1. The van der Waals surface area contributed by atoms with Gasteiger partial charge in [-0.2, -0.15) is 0 Å². The molecule has 1 saturated heterocycles. The van der Waals surface area contributed by atoms with Gasteiger partial charge in [0, 0.05) is 31.7 Å². The predicted molar refractivity (Wildman–Crippen MR) is 105 cm³/mol. The molecule has 7 nitrogen and oxygen atoms in total. The molecule has 1 aromatic carbocycles. The predicted octanol–water partition coefficient (Wildman–Crippen LogP) is 2.45. The molecule has 0 spiro atoms. The lowest BCUT2D eigenvalue weighted by molar-refractivity contribution is -0.0156. The quantitative estimate of drug-likeness (QED) is 0.710. The summed E-state index contributed by atoms with van der Waals surface area (Å²) in [7, 11) is -3.20. The average Bonchev–Trinajstić information content (AvgIpc) is 3.19. The van der Waals surface area contributed by atoms with Gasteiger partial charge in [-0.1, -0.05) is 18.2 Å². The summed E-state index contributed by atoms with van der Waals surface area (Å²) in [4.78, 5) is 14.8. The van der Waals surface area contributed by atoms with Crippen LogP contribution >= 0.6 is 0 Å². The number of imidazole rings is 1. The number of nitrogens with zero attached hydrogens (tertiary/aromatic N) is 3. The van der Waals surface area contributed by atoms with Crippen molar-refractivity contribution in [3.63, 3.8) is 0 Å². The van der Waals surface area contributed by atoms with E-state index in [9.17, 15) is 8.42 Å². The van der Waals surface area contributed by atoms with E-state index in [1.54, 1.807) is 36.7 Å². The van der Waals surface area contributed by atoms with Gasteiger partial charge in [0.15, 0.2) is 9.84 Å². The number of nitrogens with one attached hydrogen (secondary N) is 1. The maximum Gasteiger partial charge on any atom is 0.175 e. The Morgan fingerprint density at radius 3 is 2.75 bits per heavy atom. The van der Waals surface area contributed by atoms with Gasteiger partial charge in [-0.05, 0) is 29.3 Å². The third kappa shape index (κ3) is 4.14. The van der Waals surface area contributed by atoms with Crippen molar-refractivity contribution in [3.05, 3.63) is 66.4 Å². The maximum atomic E-state index is 11.6. The van der Waals surface area contributed by atoms with E-state index in [0.29, 0.717) is 18.1 Å². The first-order chi connectivity index (χ1) is 13.5. The highest BCUT2D eigenvalue weighted by Gasteiger charge is 2.27. The molecule has 1 atom stereocenters. The highest BCUT2D eigenvalue weighted by atomic mass is 32.2. The molecule has 0 saturated carbocycles. The Bertz CT molecular complexity index is 1030. The van der Waals surface area contributed by atoms with E-state index < -0.39 is 9.84 Å². The molecule has 4 rings (SSSR count).